The van der Waals surface area contributed by atoms with E-state index in [0.717, 1.165) is 6.07 Å². The van der Waals surface area contributed by atoms with E-state index in [4.69, 9.17) is 5.73 Å². The summed E-state index contributed by atoms with van der Waals surface area (Å²) in [6.07, 6.45) is 1.35. The Labute approximate surface area is 115 Å². The van der Waals surface area contributed by atoms with E-state index < -0.39 is 37.0 Å². The van der Waals surface area contributed by atoms with Gasteiger partial charge in [-0.1, -0.05) is 6.92 Å². The third-order valence-electron chi connectivity index (χ3n) is 3.23. The zero-order valence-electron chi connectivity index (χ0n) is 10.7. The smallest absolute Gasteiger partial charge is 0.274 e. The van der Waals surface area contributed by atoms with Crippen molar-refractivity contribution in [1.82, 2.24) is 4.72 Å². The van der Waals surface area contributed by atoms with Gasteiger partial charge in [0.05, 0.1) is 16.7 Å². The lowest BCUT2D eigenvalue weighted by Crippen LogP contribution is -2.43. The molecule has 1 aromatic carbocycles. The Hall–Kier alpha value is -1.74. The minimum absolute atomic E-state index is 0.246. The number of rotatable bonds is 4. The predicted octanol–water partition coefficient (Wildman–Crippen LogP) is 1.39. The van der Waals surface area contributed by atoms with Gasteiger partial charge in [-0.3, -0.25) is 10.1 Å². The second-order valence-electron chi connectivity index (χ2n) is 5.00. The molecule has 0 aromatic heterocycles. The molecule has 110 valence electrons. The Bertz CT molecular complexity index is 633. The van der Waals surface area contributed by atoms with E-state index in [0.29, 0.717) is 24.8 Å². The van der Waals surface area contributed by atoms with Crippen molar-refractivity contribution >= 4 is 21.4 Å². The maximum Gasteiger partial charge on any atom is 0.274 e. The number of nitrogen functional groups attached to an aromatic ring is 1. The molecule has 0 bridgehead atoms. The van der Waals surface area contributed by atoms with Gasteiger partial charge in [0.1, 0.15) is 4.90 Å². The molecule has 0 unspecified atom stereocenters. The van der Waals surface area contributed by atoms with Gasteiger partial charge < -0.3 is 5.73 Å². The highest BCUT2D eigenvalue weighted by Crippen LogP contribution is 2.31. The first-order valence-electron chi connectivity index (χ1n) is 5.96. The Morgan fingerprint density at radius 3 is 2.50 bits per heavy atom. The maximum absolute atomic E-state index is 13.8. The second-order valence-corrected chi connectivity index (χ2v) is 6.65. The summed E-state index contributed by atoms with van der Waals surface area (Å²) in [7, 11) is -4.12. The van der Waals surface area contributed by atoms with E-state index in [2.05, 4.69) is 4.72 Å². The molecule has 3 N–H and O–H groups in total. The van der Waals surface area contributed by atoms with E-state index in [9.17, 15) is 22.9 Å². The monoisotopic (exact) mass is 303 g/mol. The average molecular weight is 303 g/mol. The van der Waals surface area contributed by atoms with Crippen LogP contribution in [0.15, 0.2) is 17.0 Å². The van der Waals surface area contributed by atoms with Crippen LogP contribution in [0.3, 0.4) is 0 Å². The minimum atomic E-state index is -4.12. The van der Waals surface area contributed by atoms with E-state index in [1.54, 1.807) is 0 Å². The molecule has 0 spiro atoms. The van der Waals surface area contributed by atoms with Crippen LogP contribution in [0.4, 0.5) is 15.8 Å². The highest BCUT2D eigenvalue weighted by atomic mass is 32.2. The van der Waals surface area contributed by atoms with Crippen molar-refractivity contribution in [3.05, 3.63) is 28.1 Å². The number of benzene rings is 1. The van der Waals surface area contributed by atoms with Crippen LogP contribution in [-0.2, 0) is 10.0 Å². The number of non-ortho nitro benzene ring substituents is 1. The van der Waals surface area contributed by atoms with Crippen molar-refractivity contribution < 1.29 is 17.7 Å². The number of nitro benzene ring substituents is 1. The lowest BCUT2D eigenvalue weighted by molar-refractivity contribution is -0.385. The summed E-state index contributed by atoms with van der Waals surface area (Å²) in [5.41, 5.74) is 4.38. The largest absolute Gasteiger partial charge is 0.397 e. The van der Waals surface area contributed by atoms with Gasteiger partial charge >= 0.3 is 0 Å². The molecule has 1 aromatic rings. The van der Waals surface area contributed by atoms with Crippen molar-refractivity contribution in [2.75, 3.05) is 5.73 Å². The number of hydrogen-bond acceptors (Lipinski definition) is 5. The maximum atomic E-state index is 13.8. The SMILES string of the molecule is CC1CC(NS(=O)(=O)c2c(N)cc([N+](=O)[O-])cc2F)C1. The van der Waals surface area contributed by atoms with Crippen molar-refractivity contribution in [2.45, 2.75) is 30.7 Å². The lowest BCUT2D eigenvalue weighted by Gasteiger charge is -2.33. The molecule has 2 rings (SSSR count). The number of anilines is 1. The third kappa shape index (κ3) is 2.73. The van der Waals surface area contributed by atoms with Gasteiger partial charge in [0.15, 0.2) is 5.82 Å². The molecule has 0 atom stereocenters. The van der Waals surface area contributed by atoms with Crippen LogP contribution < -0.4 is 10.5 Å². The van der Waals surface area contributed by atoms with Crippen molar-refractivity contribution in [3.8, 4) is 0 Å². The summed E-state index contributed by atoms with van der Waals surface area (Å²) in [6, 6.07) is 1.14. The molecule has 0 saturated heterocycles. The van der Waals surface area contributed by atoms with E-state index in [1.165, 1.54) is 0 Å². The predicted molar refractivity (Wildman–Crippen MR) is 70.0 cm³/mol. The van der Waals surface area contributed by atoms with E-state index in [1.807, 2.05) is 6.92 Å². The number of nitro groups is 1. The van der Waals surface area contributed by atoms with Crippen LogP contribution in [0.1, 0.15) is 19.8 Å². The van der Waals surface area contributed by atoms with Gasteiger partial charge in [0.2, 0.25) is 10.0 Å². The van der Waals surface area contributed by atoms with Gasteiger partial charge in [-0.05, 0) is 18.8 Å². The number of nitrogens with zero attached hydrogens (tertiary/aromatic N) is 1. The number of nitrogens with two attached hydrogens (primary N) is 1. The summed E-state index contributed by atoms with van der Waals surface area (Å²) >= 11 is 0. The normalized spacial score (nSPS) is 22.3. The number of sulfonamides is 1. The average Bonchev–Trinajstić information content (AvgIpc) is 2.24. The molecule has 1 fully saturated rings. The van der Waals surface area contributed by atoms with E-state index in [-0.39, 0.29) is 6.04 Å². The molecule has 0 aliphatic heterocycles. The highest BCUT2D eigenvalue weighted by Gasteiger charge is 2.33. The highest BCUT2D eigenvalue weighted by molar-refractivity contribution is 7.89. The standard InChI is InChI=1S/C11H14FN3O4S/c1-6-2-7(3-6)14-20(18,19)11-9(12)4-8(15(16)17)5-10(11)13/h4-7,14H,2-3,13H2,1H3. The van der Waals surface area contributed by atoms with Crippen molar-refractivity contribution in [1.29, 1.82) is 0 Å². The molecule has 20 heavy (non-hydrogen) atoms. The molecule has 0 amide bonds. The fourth-order valence-electron chi connectivity index (χ4n) is 2.27. The summed E-state index contributed by atoms with van der Waals surface area (Å²) in [5, 5.41) is 10.6. The quantitative estimate of drug-likeness (QED) is 0.495. The van der Waals surface area contributed by atoms with Crippen LogP contribution in [0.2, 0.25) is 0 Å². The summed E-state index contributed by atoms with van der Waals surface area (Å²) in [4.78, 5) is 8.98. The molecular weight excluding hydrogens is 289 g/mol. The molecule has 1 aliphatic rings. The van der Waals surface area contributed by atoms with Gasteiger partial charge in [-0.15, -0.1) is 0 Å². The molecule has 7 nitrogen and oxygen atoms in total. The molecular formula is C11H14FN3O4S. The van der Waals surface area contributed by atoms with Crippen LogP contribution in [0.25, 0.3) is 0 Å². The first kappa shape index (κ1) is 14.7. The number of nitrogens with one attached hydrogen (secondary N) is 1. The first-order valence-corrected chi connectivity index (χ1v) is 7.44. The van der Waals surface area contributed by atoms with Crippen molar-refractivity contribution in [2.24, 2.45) is 5.92 Å². The molecule has 1 aliphatic carbocycles. The Kier molecular flexibility index (Phi) is 3.65. The van der Waals surface area contributed by atoms with Crippen LogP contribution in [0, 0.1) is 21.8 Å². The molecule has 1 saturated carbocycles. The summed E-state index contributed by atoms with van der Waals surface area (Å²) < 4.78 is 40.3. The molecule has 9 heteroatoms. The zero-order valence-corrected chi connectivity index (χ0v) is 11.5. The zero-order chi connectivity index (χ0) is 15.1. The van der Waals surface area contributed by atoms with Crippen LogP contribution in [0.5, 0.6) is 0 Å². The fourth-order valence-corrected chi connectivity index (χ4v) is 3.70. The summed E-state index contributed by atoms with van der Waals surface area (Å²) in [6.45, 7) is 1.98. The molecule has 0 radical (unpaired) electrons. The third-order valence-corrected chi connectivity index (χ3v) is 4.84. The van der Waals surface area contributed by atoms with Gasteiger partial charge in [-0.2, -0.15) is 0 Å². The number of halogens is 1. The van der Waals surface area contributed by atoms with Gasteiger partial charge in [-0.25, -0.2) is 17.5 Å². The topological polar surface area (TPSA) is 115 Å². The van der Waals surface area contributed by atoms with Gasteiger partial charge in [0.25, 0.3) is 5.69 Å². The second kappa shape index (κ2) is 4.98. The van der Waals surface area contributed by atoms with Crippen LogP contribution >= 0.6 is 0 Å². The Morgan fingerprint density at radius 1 is 1.45 bits per heavy atom. The Balaban J connectivity index is 2.34. The van der Waals surface area contributed by atoms with Crippen molar-refractivity contribution in [3.63, 3.8) is 0 Å². The van der Waals surface area contributed by atoms with Crippen LogP contribution in [-0.4, -0.2) is 19.4 Å². The van der Waals surface area contributed by atoms with Gasteiger partial charge in [0, 0.05) is 12.1 Å². The molecule has 0 heterocycles. The first-order chi connectivity index (χ1) is 9.20. The Morgan fingerprint density at radius 2 is 2.05 bits per heavy atom. The summed E-state index contributed by atoms with van der Waals surface area (Å²) in [5.74, 6) is -0.807. The fraction of sp³-hybridized carbons (Fsp3) is 0.455. The minimum Gasteiger partial charge on any atom is -0.397 e. The van der Waals surface area contributed by atoms with E-state index >= 15 is 0 Å². The number of hydrogen-bond donors (Lipinski definition) is 2. The lowest BCUT2D eigenvalue weighted by atomic mass is 9.83.